The molecule has 1 amide bonds. The number of carbonyl (C=O) groups excluding carboxylic acids is 1. The summed E-state index contributed by atoms with van der Waals surface area (Å²) in [6.45, 7) is 5.29. The molecule has 6 nitrogen and oxygen atoms in total. The zero-order valence-electron chi connectivity index (χ0n) is 8.88. The molecule has 86 valence electrons. The first kappa shape index (κ1) is 10.7. The van der Waals surface area contributed by atoms with E-state index in [1.165, 1.54) is 6.08 Å². The van der Waals surface area contributed by atoms with Gasteiger partial charge in [-0.3, -0.25) is 10.4 Å². The molecular weight excluding hydrogens is 208 g/mol. The number of hydrogen-bond acceptors (Lipinski definition) is 4. The second kappa shape index (κ2) is 4.80. The number of nitrogens with zero attached hydrogens (tertiary/aromatic N) is 1. The van der Waals surface area contributed by atoms with E-state index in [0.29, 0.717) is 12.4 Å². The lowest BCUT2D eigenvalue weighted by Gasteiger charge is -2.12. The maximum atomic E-state index is 11.3. The van der Waals surface area contributed by atoms with E-state index < -0.39 is 6.09 Å². The Kier molecular flexibility index (Phi) is 3.21. The Labute approximate surface area is 93.1 Å². The number of nitrogens with one attached hydrogen (secondary N) is 3. The summed E-state index contributed by atoms with van der Waals surface area (Å²) in [4.78, 5) is 11.3. The fraction of sp³-hybridized carbons (Fsp3) is 0.400. The number of amides is 1. The zero-order valence-corrected chi connectivity index (χ0v) is 8.88. The van der Waals surface area contributed by atoms with Crippen LogP contribution in [0, 0.1) is 0 Å². The molecule has 0 fully saturated rings. The van der Waals surface area contributed by atoms with Gasteiger partial charge in [-0.05, 0) is 0 Å². The van der Waals surface area contributed by atoms with Gasteiger partial charge in [0.15, 0.2) is 5.82 Å². The van der Waals surface area contributed by atoms with E-state index in [-0.39, 0.29) is 6.61 Å². The van der Waals surface area contributed by atoms with Gasteiger partial charge in [-0.15, -0.1) is 0 Å². The Morgan fingerprint density at radius 2 is 2.56 bits per heavy atom. The SMILES string of the molecule is C=CCOC(=O)Nc1n[nH]c2c1CNCC2. The predicted octanol–water partition coefficient (Wildman–Crippen LogP) is 0.790. The summed E-state index contributed by atoms with van der Waals surface area (Å²) in [7, 11) is 0. The smallest absolute Gasteiger partial charge is 0.413 e. The summed E-state index contributed by atoms with van der Waals surface area (Å²) in [6, 6.07) is 0. The molecule has 0 bridgehead atoms. The molecule has 16 heavy (non-hydrogen) atoms. The molecule has 0 unspecified atom stereocenters. The number of anilines is 1. The van der Waals surface area contributed by atoms with Crippen molar-refractivity contribution >= 4 is 11.9 Å². The van der Waals surface area contributed by atoms with E-state index in [1.54, 1.807) is 0 Å². The maximum absolute atomic E-state index is 11.3. The minimum absolute atomic E-state index is 0.191. The normalized spacial score (nSPS) is 14.0. The van der Waals surface area contributed by atoms with Crippen LogP contribution in [0.25, 0.3) is 0 Å². The van der Waals surface area contributed by atoms with Gasteiger partial charge in [-0.25, -0.2) is 4.79 Å². The number of aromatic amines is 1. The summed E-state index contributed by atoms with van der Waals surface area (Å²) >= 11 is 0. The van der Waals surface area contributed by atoms with E-state index in [9.17, 15) is 4.79 Å². The van der Waals surface area contributed by atoms with Crippen molar-refractivity contribution in [1.82, 2.24) is 15.5 Å². The number of fused-ring (bicyclic) bond motifs is 1. The molecule has 2 rings (SSSR count). The summed E-state index contributed by atoms with van der Waals surface area (Å²) in [6.07, 6.45) is 1.90. The van der Waals surface area contributed by atoms with Crippen molar-refractivity contribution in [1.29, 1.82) is 0 Å². The van der Waals surface area contributed by atoms with Gasteiger partial charge in [-0.2, -0.15) is 5.10 Å². The minimum atomic E-state index is -0.514. The molecule has 3 N–H and O–H groups in total. The number of rotatable bonds is 3. The molecular formula is C10H14N4O2. The van der Waals surface area contributed by atoms with Crippen LogP contribution in [-0.4, -0.2) is 29.4 Å². The Hall–Kier alpha value is -1.82. The van der Waals surface area contributed by atoms with Gasteiger partial charge in [0, 0.05) is 30.8 Å². The highest BCUT2D eigenvalue weighted by Crippen LogP contribution is 2.19. The largest absolute Gasteiger partial charge is 0.445 e. The van der Waals surface area contributed by atoms with Crippen LogP contribution in [0.4, 0.5) is 10.6 Å². The van der Waals surface area contributed by atoms with Gasteiger partial charge < -0.3 is 10.1 Å². The van der Waals surface area contributed by atoms with Crippen LogP contribution in [0.15, 0.2) is 12.7 Å². The highest BCUT2D eigenvalue weighted by atomic mass is 16.5. The first-order chi connectivity index (χ1) is 7.81. The number of carbonyl (C=O) groups is 1. The standard InChI is InChI=1S/C10H14N4O2/c1-2-5-16-10(15)12-9-7-6-11-4-3-8(7)13-14-9/h2,11H,1,3-6H2,(H2,12,13,14,15). The van der Waals surface area contributed by atoms with Crippen molar-refractivity contribution in [2.24, 2.45) is 0 Å². The summed E-state index contributed by atoms with van der Waals surface area (Å²) in [5.41, 5.74) is 2.07. The van der Waals surface area contributed by atoms with Crippen molar-refractivity contribution in [3.05, 3.63) is 23.9 Å². The van der Waals surface area contributed by atoms with Gasteiger partial charge in [0.05, 0.1) is 0 Å². The lowest BCUT2D eigenvalue weighted by atomic mass is 10.1. The second-order valence-electron chi connectivity index (χ2n) is 3.47. The molecule has 6 heteroatoms. The third kappa shape index (κ3) is 2.22. The van der Waals surface area contributed by atoms with Crippen LogP contribution in [-0.2, 0) is 17.7 Å². The molecule has 0 radical (unpaired) electrons. The van der Waals surface area contributed by atoms with Crippen LogP contribution < -0.4 is 10.6 Å². The third-order valence-electron chi connectivity index (χ3n) is 2.36. The molecule has 0 spiro atoms. The van der Waals surface area contributed by atoms with Crippen molar-refractivity contribution in [2.45, 2.75) is 13.0 Å². The van der Waals surface area contributed by atoms with Crippen LogP contribution in [0.3, 0.4) is 0 Å². The Bertz CT molecular complexity index is 400. The van der Waals surface area contributed by atoms with Gasteiger partial charge >= 0.3 is 6.09 Å². The quantitative estimate of drug-likeness (QED) is 0.661. The molecule has 0 atom stereocenters. The molecule has 0 saturated carbocycles. The molecule has 0 saturated heterocycles. The van der Waals surface area contributed by atoms with Crippen LogP contribution in [0.2, 0.25) is 0 Å². The summed E-state index contributed by atoms with van der Waals surface area (Å²) < 4.78 is 4.81. The van der Waals surface area contributed by atoms with Gasteiger partial charge in [0.2, 0.25) is 0 Å². The van der Waals surface area contributed by atoms with Crippen molar-refractivity contribution in [2.75, 3.05) is 18.5 Å². The summed E-state index contributed by atoms with van der Waals surface area (Å²) in [5, 5.41) is 12.8. The van der Waals surface area contributed by atoms with Crippen LogP contribution >= 0.6 is 0 Å². The zero-order chi connectivity index (χ0) is 11.4. The first-order valence-corrected chi connectivity index (χ1v) is 5.12. The number of aromatic nitrogens is 2. The number of ether oxygens (including phenoxy) is 1. The van der Waals surface area contributed by atoms with Crippen molar-refractivity contribution in [3.63, 3.8) is 0 Å². The average Bonchev–Trinajstić information content (AvgIpc) is 2.70. The lowest BCUT2D eigenvalue weighted by molar-refractivity contribution is 0.174. The fourth-order valence-electron chi connectivity index (χ4n) is 1.60. The minimum Gasteiger partial charge on any atom is -0.445 e. The van der Waals surface area contributed by atoms with Crippen LogP contribution in [0.1, 0.15) is 11.3 Å². The molecule has 2 heterocycles. The number of H-pyrrole nitrogens is 1. The molecule has 1 aliphatic rings. The predicted molar refractivity (Wildman–Crippen MR) is 59.2 cm³/mol. The highest BCUT2D eigenvalue weighted by Gasteiger charge is 2.18. The average molecular weight is 222 g/mol. The topological polar surface area (TPSA) is 79.0 Å². The van der Waals surface area contributed by atoms with Crippen LogP contribution in [0.5, 0.6) is 0 Å². The first-order valence-electron chi connectivity index (χ1n) is 5.12. The van der Waals surface area contributed by atoms with E-state index in [0.717, 1.165) is 24.2 Å². The molecule has 1 aromatic heterocycles. The Morgan fingerprint density at radius 1 is 1.69 bits per heavy atom. The van der Waals surface area contributed by atoms with Gasteiger partial charge in [-0.1, -0.05) is 12.7 Å². The third-order valence-corrected chi connectivity index (χ3v) is 2.36. The van der Waals surface area contributed by atoms with E-state index in [2.05, 4.69) is 27.4 Å². The molecule has 0 aromatic carbocycles. The molecule has 1 aromatic rings. The number of hydrogen-bond donors (Lipinski definition) is 3. The monoisotopic (exact) mass is 222 g/mol. The van der Waals surface area contributed by atoms with E-state index in [4.69, 9.17) is 4.74 Å². The van der Waals surface area contributed by atoms with E-state index >= 15 is 0 Å². The highest BCUT2D eigenvalue weighted by molar-refractivity contribution is 5.84. The van der Waals surface area contributed by atoms with Crippen molar-refractivity contribution < 1.29 is 9.53 Å². The Balaban J connectivity index is 2.01. The van der Waals surface area contributed by atoms with Gasteiger partial charge in [0.25, 0.3) is 0 Å². The fourth-order valence-corrected chi connectivity index (χ4v) is 1.60. The second-order valence-corrected chi connectivity index (χ2v) is 3.47. The van der Waals surface area contributed by atoms with Crippen molar-refractivity contribution in [3.8, 4) is 0 Å². The Morgan fingerprint density at radius 3 is 3.38 bits per heavy atom. The summed E-state index contributed by atoms with van der Waals surface area (Å²) in [5.74, 6) is 0.538. The molecule has 0 aliphatic carbocycles. The lowest BCUT2D eigenvalue weighted by Crippen LogP contribution is -2.24. The van der Waals surface area contributed by atoms with Gasteiger partial charge in [0.1, 0.15) is 6.61 Å². The molecule has 1 aliphatic heterocycles. The van der Waals surface area contributed by atoms with E-state index in [1.807, 2.05) is 0 Å². The maximum Gasteiger partial charge on any atom is 0.413 e.